The molecule has 0 aliphatic rings. The van der Waals surface area contributed by atoms with Crippen molar-refractivity contribution in [3.63, 3.8) is 0 Å². The topological polar surface area (TPSA) is 44.8 Å². The van der Waals surface area contributed by atoms with E-state index >= 15 is 0 Å². The van der Waals surface area contributed by atoms with Crippen LogP contribution in [0.15, 0.2) is 12.7 Å². The predicted molar refractivity (Wildman–Crippen MR) is 79.3 cm³/mol. The first-order chi connectivity index (χ1) is 8.81. The lowest BCUT2D eigenvalue weighted by Gasteiger charge is -2.38. The highest BCUT2D eigenvalue weighted by molar-refractivity contribution is 6.70. The van der Waals surface area contributed by atoms with Crippen molar-refractivity contribution in [1.82, 2.24) is 0 Å². The fourth-order valence-corrected chi connectivity index (χ4v) is 5.72. The number of esters is 1. The number of ether oxygens (including phenoxy) is 1. The van der Waals surface area contributed by atoms with Gasteiger partial charge in [-0.15, -0.1) is 6.58 Å². The molecule has 0 heterocycles. The van der Waals surface area contributed by atoms with Crippen LogP contribution in [0.25, 0.3) is 0 Å². The molecule has 5 heteroatoms. The Hall–Kier alpha value is -0.653. The molecule has 0 saturated carbocycles. The van der Waals surface area contributed by atoms with E-state index in [0.29, 0.717) is 13.2 Å². The number of carbonyl (C=O) groups is 1. The van der Waals surface area contributed by atoms with Gasteiger partial charge in [0.15, 0.2) is 0 Å². The van der Waals surface area contributed by atoms with Gasteiger partial charge in [-0.2, -0.15) is 0 Å². The smallest absolute Gasteiger partial charge is 0.344 e. The van der Waals surface area contributed by atoms with Gasteiger partial charge in [-0.3, -0.25) is 0 Å². The SMILES string of the molecule is C=CCO[Si](O[C@@H](C)C(=O)OCC)(C(C)C)C(C)C. The van der Waals surface area contributed by atoms with E-state index in [4.69, 9.17) is 13.6 Å². The average Bonchev–Trinajstić information content (AvgIpc) is 2.33. The van der Waals surface area contributed by atoms with Crippen LogP contribution in [-0.2, 0) is 18.4 Å². The molecule has 1 atom stereocenters. The molecule has 0 aromatic heterocycles. The summed E-state index contributed by atoms with van der Waals surface area (Å²) in [5.74, 6) is -0.331. The Kier molecular flexibility index (Phi) is 8.21. The first kappa shape index (κ1) is 18.3. The summed E-state index contributed by atoms with van der Waals surface area (Å²) in [4.78, 5) is 11.7. The Balaban J connectivity index is 5.01. The van der Waals surface area contributed by atoms with E-state index < -0.39 is 14.7 Å². The van der Waals surface area contributed by atoms with E-state index in [1.807, 2.05) is 0 Å². The van der Waals surface area contributed by atoms with Crippen LogP contribution in [0.1, 0.15) is 41.5 Å². The first-order valence-corrected chi connectivity index (χ1v) is 8.88. The quantitative estimate of drug-likeness (QED) is 0.370. The van der Waals surface area contributed by atoms with Crippen molar-refractivity contribution >= 4 is 14.5 Å². The zero-order chi connectivity index (χ0) is 15.1. The summed E-state index contributed by atoms with van der Waals surface area (Å²) in [5, 5.41) is 0. The van der Waals surface area contributed by atoms with Gasteiger partial charge in [0.25, 0.3) is 0 Å². The van der Waals surface area contributed by atoms with Crippen molar-refractivity contribution in [2.24, 2.45) is 0 Å². The van der Waals surface area contributed by atoms with Crippen molar-refractivity contribution in [3.8, 4) is 0 Å². The maximum atomic E-state index is 11.7. The minimum atomic E-state index is -2.50. The lowest BCUT2D eigenvalue weighted by molar-refractivity contribution is -0.151. The zero-order valence-corrected chi connectivity index (χ0v) is 14.1. The molecule has 0 rings (SSSR count). The van der Waals surface area contributed by atoms with Gasteiger partial charge in [-0.1, -0.05) is 33.8 Å². The van der Waals surface area contributed by atoms with Crippen LogP contribution >= 0.6 is 0 Å². The average molecular weight is 288 g/mol. The molecule has 0 aromatic carbocycles. The van der Waals surface area contributed by atoms with E-state index in [2.05, 4.69) is 34.3 Å². The van der Waals surface area contributed by atoms with Gasteiger partial charge in [0, 0.05) is 0 Å². The third-order valence-electron chi connectivity index (χ3n) is 3.02. The Morgan fingerprint density at radius 2 is 1.74 bits per heavy atom. The lowest BCUT2D eigenvalue weighted by atomic mass is 10.4. The molecule has 0 unspecified atom stereocenters. The Morgan fingerprint density at radius 1 is 1.21 bits per heavy atom. The van der Waals surface area contributed by atoms with Gasteiger partial charge in [-0.25, -0.2) is 4.79 Å². The number of rotatable bonds is 9. The monoisotopic (exact) mass is 288 g/mol. The van der Waals surface area contributed by atoms with Crippen LogP contribution in [0.2, 0.25) is 11.1 Å². The molecule has 0 radical (unpaired) electrons. The van der Waals surface area contributed by atoms with Gasteiger partial charge in [0.1, 0.15) is 6.10 Å². The molecule has 0 aliphatic carbocycles. The number of carbonyl (C=O) groups excluding carboxylic acids is 1. The third kappa shape index (κ3) is 5.08. The van der Waals surface area contributed by atoms with Crippen molar-refractivity contribution < 1.29 is 18.4 Å². The zero-order valence-electron chi connectivity index (χ0n) is 13.1. The van der Waals surface area contributed by atoms with Crippen molar-refractivity contribution in [2.75, 3.05) is 13.2 Å². The summed E-state index contributed by atoms with van der Waals surface area (Å²) in [6.45, 7) is 16.3. The normalized spacial score (nSPS) is 13.7. The van der Waals surface area contributed by atoms with Gasteiger partial charge >= 0.3 is 14.5 Å². The molecule has 0 amide bonds. The molecule has 0 saturated heterocycles. The van der Waals surface area contributed by atoms with Crippen LogP contribution in [0.5, 0.6) is 0 Å². The third-order valence-corrected chi connectivity index (χ3v) is 7.57. The van der Waals surface area contributed by atoms with Gasteiger partial charge in [0.05, 0.1) is 13.2 Å². The molecule has 0 aromatic rings. The molecule has 19 heavy (non-hydrogen) atoms. The second-order valence-corrected chi connectivity index (χ2v) is 9.42. The number of hydrogen-bond donors (Lipinski definition) is 0. The van der Waals surface area contributed by atoms with Crippen molar-refractivity contribution in [1.29, 1.82) is 0 Å². The van der Waals surface area contributed by atoms with Crippen LogP contribution in [0, 0.1) is 0 Å². The van der Waals surface area contributed by atoms with Crippen molar-refractivity contribution in [2.45, 2.75) is 58.7 Å². The van der Waals surface area contributed by atoms with Gasteiger partial charge in [0.2, 0.25) is 0 Å². The van der Waals surface area contributed by atoms with E-state index in [1.165, 1.54) is 0 Å². The molecule has 112 valence electrons. The van der Waals surface area contributed by atoms with Crippen LogP contribution in [0.4, 0.5) is 0 Å². The second-order valence-electron chi connectivity index (χ2n) is 5.14. The van der Waals surface area contributed by atoms with E-state index in [1.54, 1.807) is 19.9 Å². The Morgan fingerprint density at radius 3 is 2.11 bits per heavy atom. The molecule has 0 spiro atoms. The molecule has 0 aliphatic heterocycles. The highest BCUT2D eigenvalue weighted by atomic mass is 28.4. The summed E-state index contributed by atoms with van der Waals surface area (Å²) in [7, 11) is -2.50. The summed E-state index contributed by atoms with van der Waals surface area (Å²) < 4.78 is 17.1. The van der Waals surface area contributed by atoms with Gasteiger partial charge in [-0.05, 0) is 24.9 Å². The Labute approximate surface area is 118 Å². The molecule has 0 bridgehead atoms. The van der Waals surface area contributed by atoms with Crippen LogP contribution in [-0.4, -0.2) is 33.8 Å². The molecular formula is C14H28O4Si. The number of hydrogen-bond acceptors (Lipinski definition) is 4. The van der Waals surface area contributed by atoms with E-state index in [-0.39, 0.29) is 17.1 Å². The molecule has 0 fully saturated rings. The standard InChI is InChI=1S/C14H28O4Si/c1-8-10-17-19(11(3)4,12(5)6)18-13(7)14(15)16-9-2/h8,11-13H,1,9-10H2,2-7H3/t13-/m0/s1. The molecular weight excluding hydrogens is 260 g/mol. The van der Waals surface area contributed by atoms with Crippen molar-refractivity contribution in [3.05, 3.63) is 12.7 Å². The van der Waals surface area contributed by atoms with E-state index in [9.17, 15) is 4.79 Å². The van der Waals surface area contributed by atoms with Crippen LogP contribution < -0.4 is 0 Å². The Bertz CT molecular complexity index is 281. The predicted octanol–water partition coefficient (Wildman–Crippen LogP) is 3.42. The minimum absolute atomic E-state index is 0.240. The van der Waals surface area contributed by atoms with E-state index in [0.717, 1.165) is 0 Å². The largest absolute Gasteiger partial charge is 0.464 e. The minimum Gasteiger partial charge on any atom is -0.464 e. The molecule has 0 N–H and O–H groups in total. The highest BCUT2D eigenvalue weighted by Gasteiger charge is 2.47. The summed E-state index contributed by atoms with van der Waals surface area (Å²) in [6.07, 6.45) is 1.12. The first-order valence-electron chi connectivity index (χ1n) is 6.91. The fourth-order valence-electron chi connectivity index (χ4n) is 2.08. The fraction of sp³-hybridized carbons (Fsp3) is 0.786. The highest BCUT2D eigenvalue weighted by Crippen LogP contribution is 2.35. The second kappa shape index (κ2) is 8.50. The van der Waals surface area contributed by atoms with Crippen LogP contribution in [0.3, 0.4) is 0 Å². The van der Waals surface area contributed by atoms with Gasteiger partial charge < -0.3 is 13.6 Å². The maximum Gasteiger partial charge on any atom is 0.344 e. The maximum absolute atomic E-state index is 11.7. The summed E-state index contributed by atoms with van der Waals surface area (Å²) in [6, 6.07) is 0. The molecule has 4 nitrogen and oxygen atoms in total. The lowest BCUT2D eigenvalue weighted by Crippen LogP contribution is -2.51. The summed E-state index contributed by atoms with van der Waals surface area (Å²) in [5.41, 5.74) is 0.480. The summed E-state index contributed by atoms with van der Waals surface area (Å²) >= 11 is 0.